The quantitative estimate of drug-likeness (QED) is 0.345. The van der Waals surface area contributed by atoms with Gasteiger partial charge in [0.15, 0.2) is 11.6 Å². The minimum Gasteiger partial charge on any atom is -0.504 e. The van der Waals surface area contributed by atoms with Gasteiger partial charge in [-0.15, -0.1) is 11.3 Å². The summed E-state index contributed by atoms with van der Waals surface area (Å²) in [6, 6.07) is 13.6. The van der Waals surface area contributed by atoms with Crippen molar-refractivity contribution >= 4 is 33.6 Å². The van der Waals surface area contributed by atoms with E-state index in [1.807, 2.05) is 31.2 Å². The molecule has 0 aliphatic rings. The molecule has 0 atom stereocenters. The van der Waals surface area contributed by atoms with Crippen molar-refractivity contribution in [2.75, 3.05) is 12.0 Å². The van der Waals surface area contributed by atoms with E-state index >= 15 is 0 Å². The Bertz CT molecular complexity index is 1190. The van der Waals surface area contributed by atoms with E-state index in [4.69, 9.17) is 4.74 Å². The second kappa shape index (κ2) is 8.24. The number of hydrogen-bond acceptors (Lipinski definition) is 7. The molecule has 2 heterocycles. The number of aromatic nitrogens is 2. The van der Waals surface area contributed by atoms with Crippen LogP contribution in [0.1, 0.15) is 12.5 Å². The number of rotatable bonds is 6. The summed E-state index contributed by atoms with van der Waals surface area (Å²) in [5.74, 6) is 0.863. The average molecular weight is 408 g/mol. The molecule has 0 amide bonds. The summed E-state index contributed by atoms with van der Waals surface area (Å²) in [6.45, 7) is 2.43. The first-order valence-electron chi connectivity index (χ1n) is 8.90. The Balaban J connectivity index is 1.70. The lowest BCUT2D eigenvalue weighted by Gasteiger charge is -2.08. The van der Waals surface area contributed by atoms with Crippen molar-refractivity contribution in [3.8, 4) is 21.9 Å². The van der Waals surface area contributed by atoms with Crippen molar-refractivity contribution in [2.45, 2.75) is 6.92 Å². The Hall–Kier alpha value is -3.52. The van der Waals surface area contributed by atoms with E-state index in [0.29, 0.717) is 38.8 Å². The highest BCUT2D eigenvalue weighted by molar-refractivity contribution is 7.23. The van der Waals surface area contributed by atoms with Crippen molar-refractivity contribution < 1.29 is 14.2 Å². The van der Waals surface area contributed by atoms with E-state index in [0.717, 1.165) is 5.56 Å². The molecule has 4 aromatic rings. The minimum atomic E-state index is -0.334. The Morgan fingerprint density at radius 3 is 2.90 bits per heavy atom. The van der Waals surface area contributed by atoms with Gasteiger partial charge in [0.1, 0.15) is 28.1 Å². The van der Waals surface area contributed by atoms with Gasteiger partial charge in [-0.05, 0) is 36.8 Å². The molecule has 0 aliphatic carbocycles. The first-order chi connectivity index (χ1) is 14.2. The van der Waals surface area contributed by atoms with E-state index in [-0.39, 0.29) is 11.6 Å². The summed E-state index contributed by atoms with van der Waals surface area (Å²) in [5.41, 5.74) is 4.67. The monoisotopic (exact) mass is 408 g/mol. The predicted octanol–water partition coefficient (Wildman–Crippen LogP) is 5.05. The van der Waals surface area contributed by atoms with Gasteiger partial charge in [-0.25, -0.2) is 14.4 Å². The Morgan fingerprint density at radius 2 is 2.07 bits per heavy atom. The smallest absolute Gasteiger partial charge is 0.167 e. The maximum Gasteiger partial charge on any atom is 0.167 e. The van der Waals surface area contributed by atoms with Crippen LogP contribution >= 0.6 is 11.3 Å². The van der Waals surface area contributed by atoms with Gasteiger partial charge >= 0.3 is 0 Å². The first-order valence-corrected chi connectivity index (χ1v) is 9.72. The van der Waals surface area contributed by atoms with Crippen LogP contribution in [0.4, 0.5) is 10.2 Å². The van der Waals surface area contributed by atoms with Crippen LogP contribution < -0.4 is 10.2 Å². The zero-order valence-electron chi connectivity index (χ0n) is 15.5. The van der Waals surface area contributed by atoms with E-state index in [1.54, 1.807) is 12.1 Å². The zero-order chi connectivity index (χ0) is 20.2. The molecule has 2 aromatic carbocycles. The summed E-state index contributed by atoms with van der Waals surface area (Å²) in [6.07, 6.45) is 2.85. The molecule has 2 aromatic heterocycles. The molecule has 4 rings (SSSR count). The Labute approximate surface area is 170 Å². The van der Waals surface area contributed by atoms with Crippen LogP contribution in [-0.4, -0.2) is 27.9 Å². The van der Waals surface area contributed by atoms with Gasteiger partial charge in [0, 0.05) is 5.56 Å². The molecule has 0 saturated heterocycles. The number of nitrogens with one attached hydrogen (secondary N) is 1. The number of thiophene rings is 1. The molecule has 8 heteroatoms. The fourth-order valence-electron chi connectivity index (χ4n) is 2.85. The number of fused-ring (bicyclic) bond motifs is 1. The second-order valence-electron chi connectivity index (χ2n) is 6.03. The number of hydrazone groups is 1. The molecule has 6 nitrogen and oxygen atoms in total. The second-order valence-corrected chi connectivity index (χ2v) is 7.05. The van der Waals surface area contributed by atoms with Gasteiger partial charge in [0.25, 0.3) is 0 Å². The van der Waals surface area contributed by atoms with E-state index in [2.05, 4.69) is 20.5 Å². The van der Waals surface area contributed by atoms with Crippen LogP contribution in [0.5, 0.6) is 11.5 Å². The zero-order valence-corrected chi connectivity index (χ0v) is 16.3. The highest BCUT2D eigenvalue weighted by Gasteiger charge is 2.19. The standard InChI is InChI=1S/C21H17FN4O2S/c1-2-28-16-9-4-3-8-15(16)19-18(27)17-20(29-19)21(24-12-23-17)26-25-11-13-6-5-7-14(22)10-13/h3-12,27H,2H2,1H3,(H,23,24,26)/b25-11+. The molecule has 0 bridgehead atoms. The van der Waals surface area contributed by atoms with Crippen molar-refractivity contribution in [1.29, 1.82) is 0 Å². The number of nitrogens with zero attached hydrogens (tertiary/aromatic N) is 3. The SMILES string of the molecule is CCOc1ccccc1-c1sc2c(N/N=C/c3cccc(F)c3)ncnc2c1O. The normalized spacial score (nSPS) is 11.2. The number of aromatic hydroxyl groups is 1. The molecular weight excluding hydrogens is 391 g/mol. The van der Waals surface area contributed by atoms with Crippen molar-refractivity contribution in [3.63, 3.8) is 0 Å². The number of anilines is 1. The molecule has 0 fully saturated rings. The number of ether oxygens (including phenoxy) is 1. The van der Waals surface area contributed by atoms with E-state index in [1.165, 1.54) is 36.0 Å². The molecule has 0 saturated carbocycles. The van der Waals surface area contributed by atoms with Crippen molar-refractivity contribution in [1.82, 2.24) is 9.97 Å². The number of para-hydroxylation sites is 1. The predicted molar refractivity (Wildman–Crippen MR) is 113 cm³/mol. The van der Waals surface area contributed by atoms with E-state index < -0.39 is 0 Å². The maximum atomic E-state index is 13.3. The molecule has 29 heavy (non-hydrogen) atoms. The summed E-state index contributed by atoms with van der Waals surface area (Å²) in [7, 11) is 0. The number of halogens is 1. The van der Waals surface area contributed by atoms with Gasteiger partial charge in [-0.3, -0.25) is 5.43 Å². The lowest BCUT2D eigenvalue weighted by molar-refractivity contribution is 0.341. The lowest BCUT2D eigenvalue weighted by atomic mass is 10.1. The van der Waals surface area contributed by atoms with Gasteiger partial charge in [0.05, 0.1) is 17.7 Å². The average Bonchev–Trinajstić information content (AvgIpc) is 3.06. The summed E-state index contributed by atoms with van der Waals surface area (Å²) in [4.78, 5) is 9.07. The maximum absolute atomic E-state index is 13.3. The van der Waals surface area contributed by atoms with Gasteiger partial charge in [-0.1, -0.05) is 24.3 Å². The molecular formula is C21H17FN4O2S. The third-order valence-electron chi connectivity index (χ3n) is 4.11. The number of benzene rings is 2. The highest BCUT2D eigenvalue weighted by atomic mass is 32.1. The Morgan fingerprint density at radius 1 is 1.21 bits per heavy atom. The van der Waals surface area contributed by atoms with Gasteiger partial charge in [-0.2, -0.15) is 5.10 Å². The molecule has 0 radical (unpaired) electrons. The minimum absolute atomic E-state index is 0.0664. The van der Waals surface area contributed by atoms with Crippen LogP contribution in [0.15, 0.2) is 60.0 Å². The summed E-state index contributed by atoms with van der Waals surface area (Å²) >= 11 is 1.34. The first kappa shape index (κ1) is 18.8. The van der Waals surface area contributed by atoms with Crippen LogP contribution in [0.25, 0.3) is 20.7 Å². The summed E-state index contributed by atoms with van der Waals surface area (Å²) < 4.78 is 19.6. The molecule has 0 aliphatic heterocycles. The third-order valence-corrected chi connectivity index (χ3v) is 5.32. The molecule has 0 unspecified atom stereocenters. The molecule has 146 valence electrons. The van der Waals surface area contributed by atoms with Crippen LogP contribution in [0.2, 0.25) is 0 Å². The van der Waals surface area contributed by atoms with Crippen molar-refractivity contribution in [3.05, 3.63) is 66.2 Å². The topological polar surface area (TPSA) is 79.6 Å². The van der Waals surface area contributed by atoms with Crippen LogP contribution in [0.3, 0.4) is 0 Å². The Kier molecular flexibility index (Phi) is 5.35. The molecule has 2 N–H and O–H groups in total. The van der Waals surface area contributed by atoms with E-state index in [9.17, 15) is 9.50 Å². The van der Waals surface area contributed by atoms with Gasteiger partial charge in [0.2, 0.25) is 0 Å². The highest BCUT2D eigenvalue weighted by Crippen LogP contribution is 2.47. The third kappa shape index (κ3) is 3.88. The fourth-order valence-corrected chi connectivity index (χ4v) is 3.97. The molecule has 0 spiro atoms. The van der Waals surface area contributed by atoms with Crippen molar-refractivity contribution in [2.24, 2.45) is 5.10 Å². The fraction of sp³-hybridized carbons (Fsp3) is 0.0952. The summed E-state index contributed by atoms with van der Waals surface area (Å²) in [5, 5.41) is 14.9. The number of hydrogen-bond donors (Lipinski definition) is 2. The van der Waals surface area contributed by atoms with Gasteiger partial charge < -0.3 is 9.84 Å². The van der Waals surface area contributed by atoms with Crippen LogP contribution in [-0.2, 0) is 0 Å². The van der Waals surface area contributed by atoms with Crippen LogP contribution in [0, 0.1) is 5.82 Å². The lowest BCUT2D eigenvalue weighted by Crippen LogP contribution is -1.94. The largest absolute Gasteiger partial charge is 0.504 e.